The maximum atomic E-state index is 11.9. The molecule has 2 aliphatic rings. The van der Waals surface area contributed by atoms with Crippen LogP contribution in [0.15, 0.2) is 35.5 Å². The highest BCUT2D eigenvalue weighted by atomic mass is 16.6. The average Bonchev–Trinajstić information content (AvgIpc) is 2.82. The van der Waals surface area contributed by atoms with Crippen LogP contribution >= 0.6 is 0 Å². The Labute approximate surface area is 141 Å². The number of hydrogen-bond donors (Lipinski definition) is 0. The Morgan fingerprint density at radius 2 is 2.12 bits per heavy atom. The molecule has 130 valence electrons. The SMILES string of the molecule is C=C1C(=O)OC2C=C(COC(C)=O)CCC=C(C(=O)OC)CCC12. The van der Waals surface area contributed by atoms with E-state index in [1.807, 2.05) is 12.2 Å². The minimum Gasteiger partial charge on any atom is -0.466 e. The summed E-state index contributed by atoms with van der Waals surface area (Å²) in [6.45, 7) is 5.30. The molecule has 2 rings (SSSR count). The summed E-state index contributed by atoms with van der Waals surface area (Å²) in [6, 6.07) is 0. The van der Waals surface area contributed by atoms with Crippen molar-refractivity contribution in [3.63, 3.8) is 0 Å². The number of methoxy groups -OCH3 is 1. The molecule has 6 nitrogen and oxygen atoms in total. The first-order valence-corrected chi connectivity index (χ1v) is 7.92. The van der Waals surface area contributed by atoms with Gasteiger partial charge in [0.2, 0.25) is 0 Å². The van der Waals surface area contributed by atoms with Crippen LogP contribution in [-0.4, -0.2) is 37.7 Å². The molecule has 0 amide bonds. The Morgan fingerprint density at radius 1 is 1.38 bits per heavy atom. The monoisotopic (exact) mass is 334 g/mol. The van der Waals surface area contributed by atoms with Crippen molar-refractivity contribution >= 4 is 17.9 Å². The van der Waals surface area contributed by atoms with Gasteiger partial charge in [-0.25, -0.2) is 9.59 Å². The van der Waals surface area contributed by atoms with E-state index in [4.69, 9.17) is 14.2 Å². The van der Waals surface area contributed by atoms with E-state index in [0.29, 0.717) is 36.8 Å². The summed E-state index contributed by atoms with van der Waals surface area (Å²) in [6.07, 6.45) is 5.52. The second-order valence-corrected chi connectivity index (χ2v) is 5.91. The minimum absolute atomic E-state index is 0.143. The van der Waals surface area contributed by atoms with Crippen molar-refractivity contribution in [1.82, 2.24) is 0 Å². The molecule has 0 aromatic rings. The maximum Gasteiger partial charge on any atom is 0.334 e. The number of esters is 3. The molecule has 0 bridgehead atoms. The topological polar surface area (TPSA) is 78.9 Å². The van der Waals surface area contributed by atoms with Crippen LogP contribution in [0.25, 0.3) is 0 Å². The third-order valence-electron chi connectivity index (χ3n) is 4.24. The van der Waals surface area contributed by atoms with E-state index in [0.717, 1.165) is 5.57 Å². The fourth-order valence-electron chi connectivity index (χ4n) is 2.91. The van der Waals surface area contributed by atoms with Crippen molar-refractivity contribution in [2.75, 3.05) is 13.7 Å². The highest BCUT2D eigenvalue weighted by molar-refractivity contribution is 5.91. The van der Waals surface area contributed by atoms with Crippen molar-refractivity contribution in [2.45, 2.75) is 38.7 Å². The standard InChI is InChI=1S/C18H22O6/c1-11-15-8-7-14(18(21)22-3)6-4-5-13(10-23-12(2)19)9-16(15)24-17(11)20/h6,9,15-16H,1,4-5,7-8,10H2,2-3H3. The van der Waals surface area contributed by atoms with Gasteiger partial charge in [-0.2, -0.15) is 0 Å². The summed E-state index contributed by atoms with van der Waals surface area (Å²) < 4.78 is 15.3. The number of carbonyl (C=O) groups is 3. The Morgan fingerprint density at radius 3 is 2.79 bits per heavy atom. The predicted octanol–water partition coefficient (Wildman–Crippen LogP) is 2.25. The van der Waals surface area contributed by atoms with E-state index >= 15 is 0 Å². The summed E-state index contributed by atoms with van der Waals surface area (Å²) in [5.74, 6) is -1.36. The molecule has 0 aromatic heterocycles. The molecule has 0 aromatic carbocycles. The van der Waals surface area contributed by atoms with Gasteiger partial charge in [0.1, 0.15) is 12.7 Å². The van der Waals surface area contributed by atoms with E-state index in [1.165, 1.54) is 14.0 Å². The van der Waals surface area contributed by atoms with Gasteiger partial charge in [0.05, 0.1) is 7.11 Å². The number of carbonyl (C=O) groups excluding carboxylic acids is 3. The zero-order valence-electron chi connectivity index (χ0n) is 14.0. The van der Waals surface area contributed by atoms with Gasteiger partial charge in [-0.05, 0) is 37.3 Å². The molecule has 1 fully saturated rings. The van der Waals surface area contributed by atoms with Crippen LogP contribution in [0.4, 0.5) is 0 Å². The van der Waals surface area contributed by atoms with Crippen LogP contribution in [0.5, 0.6) is 0 Å². The zero-order chi connectivity index (χ0) is 17.7. The Kier molecular flexibility index (Phi) is 5.95. The molecule has 2 unspecified atom stereocenters. The zero-order valence-corrected chi connectivity index (χ0v) is 14.0. The van der Waals surface area contributed by atoms with Gasteiger partial charge in [-0.3, -0.25) is 4.79 Å². The lowest BCUT2D eigenvalue weighted by molar-refractivity contribution is -0.140. The first-order valence-electron chi connectivity index (χ1n) is 7.92. The van der Waals surface area contributed by atoms with Crippen LogP contribution in [0.2, 0.25) is 0 Å². The summed E-state index contributed by atoms with van der Waals surface area (Å²) in [4.78, 5) is 34.8. The van der Waals surface area contributed by atoms with Crippen LogP contribution in [0.3, 0.4) is 0 Å². The van der Waals surface area contributed by atoms with Crippen molar-refractivity contribution in [3.05, 3.63) is 35.5 Å². The lowest BCUT2D eigenvalue weighted by atomic mass is 9.87. The van der Waals surface area contributed by atoms with Gasteiger partial charge in [-0.15, -0.1) is 0 Å². The van der Waals surface area contributed by atoms with E-state index < -0.39 is 12.1 Å². The smallest absolute Gasteiger partial charge is 0.334 e. The number of ether oxygens (including phenoxy) is 3. The first kappa shape index (κ1) is 18.0. The van der Waals surface area contributed by atoms with Crippen LogP contribution in [-0.2, 0) is 28.6 Å². The second kappa shape index (κ2) is 7.95. The third kappa shape index (κ3) is 4.34. The van der Waals surface area contributed by atoms with Crippen LogP contribution in [0.1, 0.15) is 32.6 Å². The van der Waals surface area contributed by atoms with E-state index in [2.05, 4.69) is 6.58 Å². The molecule has 1 aliphatic carbocycles. The lowest BCUT2D eigenvalue weighted by Gasteiger charge is -2.18. The molecule has 0 saturated carbocycles. The van der Waals surface area contributed by atoms with E-state index in [-0.39, 0.29) is 24.5 Å². The summed E-state index contributed by atoms with van der Waals surface area (Å²) in [5, 5.41) is 0. The van der Waals surface area contributed by atoms with Crippen LogP contribution < -0.4 is 0 Å². The van der Waals surface area contributed by atoms with Gasteiger partial charge in [0.15, 0.2) is 0 Å². The normalized spacial score (nSPS) is 24.2. The molecule has 0 radical (unpaired) electrons. The molecule has 1 heterocycles. The second-order valence-electron chi connectivity index (χ2n) is 5.91. The summed E-state index contributed by atoms with van der Waals surface area (Å²) in [7, 11) is 1.35. The fourth-order valence-corrected chi connectivity index (χ4v) is 2.91. The number of hydrogen-bond acceptors (Lipinski definition) is 6. The number of allylic oxidation sites excluding steroid dienone is 1. The van der Waals surface area contributed by atoms with Gasteiger partial charge in [-0.1, -0.05) is 12.7 Å². The minimum atomic E-state index is -0.437. The van der Waals surface area contributed by atoms with Gasteiger partial charge >= 0.3 is 17.9 Å². The van der Waals surface area contributed by atoms with Crippen LogP contribution in [0, 0.1) is 5.92 Å². The molecule has 24 heavy (non-hydrogen) atoms. The molecule has 1 aliphatic heterocycles. The molecular weight excluding hydrogens is 312 g/mol. The largest absolute Gasteiger partial charge is 0.466 e. The average molecular weight is 334 g/mol. The maximum absolute atomic E-state index is 11.9. The highest BCUT2D eigenvalue weighted by Gasteiger charge is 2.37. The quantitative estimate of drug-likeness (QED) is 0.341. The van der Waals surface area contributed by atoms with Crippen molar-refractivity contribution in [3.8, 4) is 0 Å². The summed E-state index contributed by atoms with van der Waals surface area (Å²) in [5.41, 5.74) is 1.84. The predicted molar refractivity (Wildman–Crippen MR) is 85.8 cm³/mol. The van der Waals surface area contributed by atoms with Gasteiger partial charge in [0.25, 0.3) is 0 Å². The molecule has 2 atom stereocenters. The summed E-state index contributed by atoms with van der Waals surface area (Å²) >= 11 is 0. The molecule has 6 heteroatoms. The van der Waals surface area contributed by atoms with Crippen molar-refractivity contribution in [1.29, 1.82) is 0 Å². The van der Waals surface area contributed by atoms with Crippen molar-refractivity contribution in [2.24, 2.45) is 5.92 Å². The fraction of sp³-hybridized carbons (Fsp3) is 0.500. The van der Waals surface area contributed by atoms with Gasteiger partial charge < -0.3 is 14.2 Å². The molecule has 1 saturated heterocycles. The van der Waals surface area contributed by atoms with E-state index in [1.54, 1.807) is 0 Å². The Bertz CT molecular complexity index is 613. The number of fused-ring (bicyclic) bond motifs is 1. The highest BCUT2D eigenvalue weighted by Crippen LogP contribution is 2.34. The Balaban J connectivity index is 2.26. The first-order chi connectivity index (χ1) is 11.4. The number of rotatable bonds is 3. The Hall–Kier alpha value is -2.37. The van der Waals surface area contributed by atoms with Gasteiger partial charge in [0, 0.05) is 24.0 Å². The van der Waals surface area contributed by atoms with E-state index in [9.17, 15) is 14.4 Å². The molecule has 0 spiro atoms. The molecular formula is C18H22O6. The molecule has 0 N–H and O–H groups in total. The lowest BCUT2D eigenvalue weighted by Crippen LogP contribution is -2.18. The third-order valence-corrected chi connectivity index (χ3v) is 4.24. The van der Waals surface area contributed by atoms with Crippen molar-refractivity contribution < 1.29 is 28.6 Å².